The summed E-state index contributed by atoms with van der Waals surface area (Å²) in [6, 6.07) is 7.87. The van der Waals surface area contributed by atoms with Gasteiger partial charge in [0.2, 0.25) is 5.91 Å². The second-order valence-electron chi connectivity index (χ2n) is 10.9. The molecule has 6 rings (SSSR count). The maximum atomic E-state index is 13.7. The van der Waals surface area contributed by atoms with Gasteiger partial charge < -0.3 is 19.1 Å². The van der Waals surface area contributed by atoms with Gasteiger partial charge in [-0.25, -0.2) is 4.79 Å². The fraction of sp³-hybridized carbons (Fsp3) is 0.429. The molecule has 2 aromatic heterocycles. The summed E-state index contributed by atoms with van der Waals surface area (Å²) in [5.74, 6) is 1.96. The Morgan fingerprint density at radius 1 is 1.13 bits per heavy atom. The van der Waals surface area contributed by atoms with Crippen LogP contribution in [-0.2, 0) is 16.1 Å². The van der Waals surface area contributed by atoms with Gasteiger partial charge in [0.25, 0.3) is 0 Å². The number of fused-ring (bicyclic) bond motifs is 3. The molecule has 0 fully saturated rings. The minimum Gasteiger partial charge on any atom is -0.493 e. The van der Waals surface area contributed by atoms with E-state index in [1.54, 1.807) is 27.5 Å². The minimum absolute atomic E-state index is 0.0331. The Hall–Kier alpha value is -4.08. The lowest BCUT2D eigenvalue weighted by atomic mass is 9.96. The molecule has 0 N–H and O–H groups in total. The number of amides is 2. The zero-order valence-corrected chi connectivity index (χ0v) is 22.1. The fourth-order valence-corrected chi connectivity index (χ4v) is 5.38. The molecule has 0 saturated heterocycles. The molecule has 0 unspecified atom stereocenters. The van der Waals surface area contributed by atoms with E-state index in [-0.39, 0.29) is 18.4 Å². The quantitative estimate of drug-likeness (QED) is 0.478. The van der Waals surface area contributed by atoms with Crippen molar-refractivity contribution in [1.82, 2.24) is 19.5 Å². The smallest absolute Gasteiger partial charge is 0.416 e. The van der Waals surface area contributed by atoms with E-state index in [2.05, 4.69) is 16.3 Å². The summed E-state index contributed by atoms with van der Waals surface area (Å²) in [4.78, 5) is 29.0. The Labute approximate surface area is 220 Å². The van der Waals surface area contributed by atoms with E-state index < -0.39 is 11.7 Å². The van der Waals surface area contributed by atoms with Gasteiger partial charge >= 0.3 is 6.09 Å². The summed E-state index contributed by atoms with van der Waals surface area (Å²) in [6.07, 6.45) is 3.84. The van der Waals surface area contributed by atoms with Gasteiger partial charge in [-0.1, -0.05) is 18.2 Å². The minimum atomic E-state index is -0.692. The molecule has 0 aliphatic carbocycles. The van der Waals surface area contributed by atoms with Gasteiger partial charge in [0, 0.05) is 31.1 Å². The third kappa shape index (κ3) is 4.23. The van der Waals surface area contributed by atoms with E-state index in [0.717, 1.165) is 28.0 Å². The molecule has 3 aromatic rings. The third-order valence-electron chi connectivity index (χ3n) is 7.16. The normalized spacial score (nSPS) is 18.8. The number of carbonyl (C=O) groups is 2. The lowest BCUT2D eigenvalue weighted by molar-refractivity contribution is -0.128. The second-order valence-corrected chi connectivity index (χ2v) is 10.9. The highest BCUT2D eigenvalue weighted by Crippen LogP contribution is 2.43. The van der Waals surface area contributed by atoms with Crippen LogP contribution in [0.3, 0.4) is 0 Å². The molecule has 0 spiro atoms. The zero-order chi connectivity index (χ0) is 26.6. The van der Waals surface area contributed by atoms with E-state index in [1.807, 2.05) is 45.0 Å². The van der Waals surface area contributed by atoms with Crippen molar-refractivity contribution in [2.24, 2.45) is 0 Å². The maximum Gasteiger partial charge on any atom is 0.416 e. The van der Waals surface area contributed by atoms with Crippen LogP contribution >= 0.6 is 0 Å². The number of hydrogen-bond acceptors (Lipinski definition) is 7. The first kappa shape index (κ1) is 24.3. The Kier molecular flexibility index (Phi) is 5.77. The summed E-state index contributed by atoms with van der Waals surface area (Å²) >= 11 is 0. The van der Waals surface area contributed by atoms with Gasteiger partial charge in [0.05, 0.1) is 25.7 Å². The molecule has 10 nitrogen and oxygen atoms in total. The number of anilines is 1. The topological polar surface area (TPSA) is 98.5 Å². The van der Waals surface area contributed by atoms with E-state index >= 15 is 0 Å². The zero-order valence-electron chi connectivity index (χ0n) is 22.1. The molecule has 2 amide bonds. The summed E-state index contributed by atoms with van der Waals surface area (Å²) in [7, 11) is 0. The van der Waals surface area contributed by atoms with Crippen molar-refractivity contribution in [2.75, 3.05) is 31.2 Å². The predicted octanol–water partition coefficient (Wildman–Crippen LogP) is 4.18. The van der Waals surface area contributed by atoms with Crippen LogP contribution in [0.25, 0.3) is 11.2 Å². The van der Waals surface area contributed by atoms with Crippen LogP contribution < -0.4 is 14.4 Å². The summed E-state index contributed by atoms with van der Waals surface area (Å²) in [5.41, 5.74) is 3.90. The molecule has 0 saturated carbocycles. The first-order chi connectivity index (χ1) is 18.2. The number of pyridine rings is 1. The average Bonchev–Trinajstić information content (AvgIpc) is 3.53. The van der Waals surface area contributed by atoms with Crippen LogP contribution in [0.2, 0.25) is 0 Å². The first-order valence-corrected chi connectivity index (χ1v) is 12.9. The van der Waals surface area contributed by atoms with E-state index in [1.165, 1.54) is 0 Å². The van der Waals surface area contributed by atoms with Gasteiger partial charge in [-0.05, 0) is 50.5 Å². The summed E-state index contributed by atoms with van der Waals surface area (Å²) < 4.78 is 20.1. The van der Waals surface area contributed by atoms with Crippen LogP contribution in [0.5, 0.6) is 11.5 Å². The van der Waals surface area contributed by atoms with Crippen LogP contribution in [0.15, 0.2) is 36.7 Å². The van der Waals surface area contributed by atoms with Crippen molar-refractivity contribution in [1.29, 1.82) is 0 Å². The molecule has 0 bridgehead atoms. The number of ether oxygens (including phenoxy) is 3. The highest BCUT2D eigenvalue weighted by atomic mass is 16.6. The molecule has 198 valence electrons. The second kappa shape index (κ2) is 9.04. The number of rotatable bonds is 1. The van der Waals surface area contributed by atoms with Crippen molar-refractivity contribution in [2.45, 2.75) is 52.2 Å². The van der Waals surface area contributed by atoms with Crippen LogP contribution in [-0.4, -0.2) is 63.4 Å². The van der Waals surface area contributed by atoms with E-state index in [0.29, 0.717) is 49.9 Å². The van der Waals surface area contributed by atoms with Crippen LogP contribution in [0, 0.1) is 0 Å². The van der Waals surface area contributed by atoms with Crippen LogP contribution in [0.4, 0.5) is 10.6 Å². The molecule has 5 heterocycles. The van der Waals surface area contributed by atoms with Crippen molar-refractivity contribution in [3.05, 3.63) is 53.4 Å². The Bertz CT molecular complexity index is 1470. The average molecular weight is 518 g/mol. The molecule has 1 aromatic carbocycles. The molecule has 0 radical (unpaired) electrons. The fourth-order valence-electron chi connectivity index (χ4n) is 5.38. The first-order valence-electron chi connectivity index (χ1n) is 12.9. The van der Waals surface area contributed by atoms with Crippen molar-refractivity contribution in [3.63, 3.8) is 0 Å². The summed E-state index contributed by atoms with van der Waals surface area (Å²) in [6.45, 7) is 9.47. The van der Waals surface area contributed by atoms with Crippen molar-refractivity contribution >= 4 is 29.0 Å². The molecular weight excluding hydrogens is 486 g/mol. The number of hydrogen-bond donors (Lipinski definition) is 0. The number of benzene rings is 1. The maximum absolute atomic E-state index is 13.7. The Balaban J connectivity index is 1.51. The third-order valence-corrected chi connectivity index (χ3v) is 7.16. The predicted molar refractivity (Wildman–Crippen MR) is 140 cm³/mol. The highest BCUT2D eigenvalue weighted by molar-refractivity contribution is 5.91. The van der Waals surface area contributed by atoms with Crippen LogP contribution in [0.1, 0.15) is 56.7 Å². The Morgan fingerprint density at radius 3 is 2.63 bits per heavy atom. The molecule has 38 heavy (non-hydrogen) atoms. The SMILES string of the molecule is CC(=O)N1CC=C(c2cc3c(n4cnnc24)N(C(=O)OC(C)(C)C)Cc2cccc4c2[C@H](CO4)CO3)CC1. The van der Waals surface area contributed by atoms with Crippen molar-refractivity contribution < 1.29 is 23.8 Å². The highest BCUT2D eigenvalue weighted by Gasteiger charge is 2.35. The lowest BCUT2D eigenvalue weighted by Crippen LogP contribution is -2.37. The van der Waals surface area contributed by atoms with E-state index in [9.17, 15) is 9.59 Å². The van der Waals surface area contributed by atoms with Gasteiger partial charge in [0.15, 0.2) is 17.2 Å². The lowest BCUT2D eigenvalue weighted by Gasteiger charge is -2.30. The monoisotopic (exact) mass is 517 g/mol. The molecule has 1 atom stereocenters. The molecule has 3 aliphatic heterocycles. The number of nitrogens with zero attached hydrogens (tertiary/aromatic N) is 5. The number of carbonyl (C=O) groups excluding carboxylic acids is 2. The van der Waals surface area contributed by atoms with Gasteiger partial charge in [-0.2, -0.15) is 0 Å². The van der Waals surface area contributed by atoms with Crippen molar-refractivity contribution in [3.8, 4) is 11.5 Å². The van der Waals surface area contributed by atoms with Gasteiger partial charge in [-0.3, -0.25) is 14.1 Å². The molecular formula is C28H31N5O5. The van der Waals surface area contributed by atoms with Gasteiger partial charge in [0.1, 0.15) is 17.7 Å². The molecule has 10 heteroatoms. The van der Waals surface area contributed by atoms with E-state index in [4.69, 9.17) is 14.2 Å². The number of aromatic nitrogens is 3. The molecule has 3 aliphatic rings. The Morgan fingerprint density at radius 2 is 1.92 bits per heavy atom. The largest absolute Gasteiger partial charge is 0.493 e. The standard InChI is InChI=1S/C28H31N5O5/c1-17(34)31-10-8-18(9-11-31)21-12-23-26(33-16-29-30-25(21)33)32(27(35)38-28(2,3)4)13-19-6-5-7-22-24(19)20(14-36-22)15-37-23/h5-8,12,16,20H,9-11,13-15H2,1-4H3/t20-/m1/s1. The summed E-state index contributed by atoms with van der Waals surface area (Å²) in [5, 5.41) is 8.63. The van der Waals surface area contributed by atoms with Gasteiger partial charge in [-0.15, -0.1) is 10.2 Å².